The van der Waals surface area contributed by atoms with Gasteiger partial charge in [0.2, 0.25) is 0 Å². The van der Waals surface area contributed by atoms with Gasteiger partial charge in [0.1, 0.15) is 22.1 Å². The summed E-state index contributed by atoms with van der Waals surface area (Å²) in [5.41, 5.74) is 0.716. The summed E-state index contributed by atoms with van der Waals surface area (Å²) in [5, 5.41) is 3.94. The molecule has 0 bridgehead atoms. The van der Waals surface area contributed by atoms with Crippen LogP contribution in [0.15, 0.2) is 56.4 Å². The van der Waals surface area contributed by atoms with E-state index in [-0.39, 0.29) is 0 Å². The number of hydrogen-bond acceptors (Lipinski definition) is 6. The van der Waals surface area contributed by atoms with Crippen molar-refractivity contribution in [2.45, 2.75) is 4.90 Å². The molecule has 3 rings (SSSR count). The number of methoxy groups -OCH3 is 3. The first-order chi connectivity index (χ1) is 13.1. The Hall–Kier alpha value is -2.52. The molecule has 1 unspecified atom stereocenters. The minimum absolute atomic E-state index is 0.304. The molecule has 0 radical (unpaired) electrons. The first-order valence-corrected chi connectivity index (χ1v) is 9.71. The van der Waals surface area contributed by atoms with Gasteiger partial charge >= 0.3 is 0 Å². The number of halogens is 1. The van der Waals surface area contributed by atoms with Crippen LogP contribution in [-0.4, -0.2) is 30.7 Å². The summed E-state index contributed by atoms with van der Waals surface area (Å²) >= 11 is 3.42. The third kappa shape index (κ3) is 4.09. The number of hydrogen-bond donors (Lipinski definition) is 1. The molecule has 9 heteroatoms. The average Bonchev–Trinajstić information content (AvgIpc) is 3.15. The molecule has 1 atom stereocenters. The fourth-order valence-corrected chi connectivity index (χ4v) is 3.89. The van der Waals surface area contributed by atoms with Crippen molar-refractivity contribution in [1.29, 1.82) is 0 Å². The number of nitrogens with one attached hydrogen (secondary N) is 1. The summed E-state index contributed by atoms with van der Waals surface area (Å²) in [7, 11) is 2.91. The van der Waals surface area contributed by atoms with Crippen LogP contribution in [-0.2, 0) is 11.0 Å². The molecular formula is C18H17BrN2O5S. The van der Waals surface area contributed by atoms with Gasteiger partial charge in [-0.25, -0.2) is 4.21 Å². The van der Waals surface area contributed by atoms with E-state index in [0.29, 0.717) is 39.3 Å². The molecule has 0 amide bonds. The van der Waals surface area contributed by atoms with Crippen LogP contribution >= 0.6 is 15.9 Å². The number of aromatic nitrogens is 1. The predicted octanol–water partition coefficient (Wildman–Crippen LogP) is 4.26. The molecule has 0 aliphatic heterocycles. The zero-order valence-corrected chi connectivity index (χ0v) is 17.2. The van der Waals surface area contributed by atoms with Crippen molar-refractivity contribution in [2.24, 2.45) is 0 Å². The smallest absolute Gasteiger partial charge is 0.181 e. The molecule has 0 aliphatic carbocycles. The second-order valence-electron chi connectivity index (χ2n) is 5.28. The summed E-state index contributed by atoms with van der Waals surface area (Å²) in [4.78, 5) is 0.382. The summed E-state index contributed by atoms with van der Waals surface area (Å²) < 4.78 is 37.8. The maximum absolute atomic E-state index is 12.8. The second kappa shape index (κ2) is 8.45. The molecule has 3 aromatic rings. The van der Waals surface area contributed by atoms with Gasteiger partial charge < -0.3 is 18.7 Å². The molecule has 0 saturated heterocycles. The maximum atomic E-state index is 12.8. The monoisotopic (exact) mass is 452 g/mol. The lowest BCUT2D eigenvalue weighted by Crippen LogP contribution is -2.08. The lowest BCUT2D eigenvalue weighted by molar-refractivity contribution is 0.375. The Kier molecular flexibility index (Phi) is 6.02. The Morgan fingerprint density at radius 3 is 2.30 bits per heavy atom. The largest absolute Gasteiger partial charge is 0.496 e. The van der Waals surface area contributed by atoms with Crippen LogP contribution < -0.4 is 18.9 Å². The number of ether oxygens (including phenoxy) is 3. The van der Waals surface area contributed by atoms with Crippen molar-refractivity contribution in [3.63, 3.8) is 0 Å². The van der Waals surface area contributed by atoms with Crippen molar-refractivity contribution in [3.8, 4) is 28.6 Å². The third-order valence-corrected chi connectivity index (χ3v) is 5.36. The molecule has 2 aromatic carbocycles. The SMILES string of the molecule is COc1ccc(Br)cc1-c1cc(NS(=O)c2c(OC)cccc2OC)no1. The Morgan fingerprint density at radius 1 is 1.00 bits per heavy atom. The van der Waals surface area contributed by atoms with E-state index in [1.807, 2.05) is 18.2 Å². The second-order valence-corrected chi connectivity index (χ2v) is 7.35. The standard InChI is InChI=1S/C18H17BrN2O5S/c1-23-13-8-7-11(19)9-12(13)16-10-17(20-26-16)21-27(22)18-14(24-2)5-4-6-15(18)25-3/h4-10H,1-3H3,(H,20,21). The molecule has 0 aliphatic rings. The van der Waals surface area contributed by atoms with Gasteiger partial charge in [-0.2, -0.15) is 0 Å². The maximum Gasteiger partial charge on any atom is 0.181 e. The zero-order valence-electron chi connectivity index (χ0n) is 14.8. The van der Waals surface area contributed by atoms with E-state index in [4.69, 9.17) is 18.7 Å². The summed E-state index contributed by atoms with van der Waals surface area (Å²) in [6.07, 6.45) is 0. The molecule has 1 N–H and O–H groups in total. The molecule has 0 spiro atoms. The van der Waals surface area contributed by atoms with Gasteiger partial charge in [0, 0.05) is 10.5 Å². The lowest BCUT2D eigenvalue weighted by Gasteiger charge is -2.12. The minimum atomic E-state index is -1.67. The van der Waals surface area contributed by atoms with Crippen molar-refractivity contribution in [2.75, 3.05) is 26.1 Å². The van der Waals surface area contributed by atoms with E-state index in [1.54, 1.807) is 31.4 Å². The topological polar surface area (TPSA) is 82.8 Å². The highest BCUT2D eigenvalue weighted by Crippen LogP contribution is 2.35. The fourth-order valence-electron chi connectivity index (χ4n) is 2.47. The van der Waals surface area contributed by atoms with Gasteiger partial charge in [-0.15, -0.1) is 0 Å². The van der Waals surface area contributed by atoms with Gasteiger partial charge in [-0.1, -0.05) is 27.2 Å². The van der Waals surface area contributed by atoms with Gasteiger partial charge in [0.05, 0.1) is 26.9 Å². The summed E-state index contributed by atoms with van der Waals surface area (Å²) in [6.45, 7) is 0. The van der Waals surface area contributed by atoms with E-state index in [1.165, 1.54) is 14.2 Å². The zero-order chi connectivity index (χ0) is 19.4. The Morgan fingerprint density at radius 2 is 1.67 bits per heavy atom. The minimum Gasteiger partial charge on any atom is -0.496 e. The molecule has 1 heterocycles. The molecule has 0 saturated carbocycles. The quantitative estimate of drug-likeness (QED) is 0.576. The van der Waals surface area contributed by atoms with E-state index in [2.05, 4.69) is 25.8 Å². The van der Waals surface area contributed by atoms with Crippen molar-refractivity contribution in [1.82, 2.24) is 5.16 Å². The Labute approximate surface area is 167 Å². The van der Waals surface area contributed by atoms with Gasteiger partial charge in [0.25, 0.3) is 0 Å². The average molecular weight is 453 g/mol. The highest BCUT2D eigenvalue weighted by atomic mass is 79.9. The molecule has 0 fully saturated rings. The number of nitrogens with zero attached hydrogens (tertiary/aromatic N) is 1. The highest BCUT2D eigenvalue weighted by Gasteiger charge is 2.19. The fraction of sp³-hybridized carbons (Fsp3) is 0.167. The van der Waals surface area contributed by atoms with E-state index < -0.39 is 11.0 Å². The normalized spacial score (nSPS) is 11.7. The first kappa shape index (κ1) is 19.2. The highest BCUT2D eigenvalue weighted by molar-refractivity contribution is 9.10. The van der Waals surface area contributed by atoms with Crippen LogP contribution in [0.5, 0.6) is 17.2 Å². The van der Waals surface area contributed by atoms with E-state index in [0.717, 1.165) is 4.47 Å². The van der Waals surface area contributed by atoms with Crippen LogP contribution in [0.3, 0.4) is 0 Å². The molecule has 1 aromatic heterocycles. The van der Waals surface area contributed by atoms with Crippen molar-refractivity contribution in [3.05, 3.63) is 46.9 Å². The van der Waals surface area contributed by atoms with Crippen molar-refractivity contribution >= 4 is 32.7 Å². The Balaban J connectivity index is 1.89. The Bertz CT molecular complexity index is 954. The summed E-state index contributed by atoms with van der Waals surface area (Å²) in [5.74, 6) is 2.29. The van der Waals surface area contributed by atoms with Gasteiger partial charge in [-0.05, 0) is 30.3 Å². The first-order valence-electron chi connectivity index (χ1n) is 7.77. The van der Waals surface area contributed by atoms with Crippen molar-refractivity contribution < 1.29 is 22.9 Å². The van der Waals surface area contributed by atoms with Gasteiger partial charge in [0.15, 0.2) is 22.6 Å². The van der Waals surface area contributed by atoms with E-state index in [9.17, 15) is 4.21 Å². The molecule has 142 valence electrons. The lowest BCUT2D eigenvalue weighted by atomic mass is 10.1. The van der Waals surface area contributed by atoms with E-state index >= 15 is 0 Å². The molecule has 7 nitrogen and oxygen atoms in total. The van der Waals surface area contributed by atoms with Crippen LogP contribution in [0.4, 0.5) is 5.82 Å². The number of anilines is 1. The molecule has 27 heavy (non-hydrogen) atoms. The van der Waals surface area contributed by atoms with Gasteiger partial charge in [-0.3, -0.25) is 4.72 Å². The van der Waals surface area contributed by atoms with Crippen LogP contribution in [0.25, 0.3) is 11.3 Å². The number of rotatable bonds is 7. The number of benzene rings is 2. The predicted molar refractivity (Wildman–Crippen MR) is 106 cm³/mol. The molecular weight excluding hydrogens is 436 g/mol. The third-order valence-electron chi connectivity index (χ3n) is 3.70. The summed E-state index contributed by atoms with van der Waals surface area (Å²) in [6, 6.07) is 12.3. The van der Waals surface area contributed by atoms with Crippen LogP contribution in [0, 0.1) is 0 Å². The van der Waals surface area contributed by atoms with Crippen LogP contribution in [0.2, 0.25) is 0 Å². The van der Waals surface area contributed by atoms with Crippen LogP contribution in [0.1, 0.15) is 0 Å².